The topological polar surface area (TPSA) is 26.3 Å². The van der Waals surface area contributed by atoms with Gasteiger partial charge in [0.05, 0.1) is 5.56 Å². The van der Waals surface area contributed by atoms with Gasteiger partial charge in [-0.15, -0.1) is 0 Å². The molecule has 0 amide bonds. The fourth-order valence-corrected chi connectivity index (χ4v) is 2.55. The first-order valence-electron chi connectivity index (χ1n) is 5.64. The number of hydrogen-bond acceptors (Lipinski definition) is 2. The molecule has 0 spiro atoms. The minimum Gasteiger partial charge on any atom is -0.370 e. The lowest BCUT2D eigenvalue weighted by Crippen LogP contribution is -2.38. The molecule has 1 saturated carbocycles. The van der Waals surface area contributed by atoms with Gasteiger partial charge in [0.1, 0.15) is 11.4 Å². The van der Waals surface area contributed by atoms with E-state index in [0.717, 1.165) is 18.9 Å². The Labute approximate surface area is 105 Å². The van der Waals surface area contributed by atoms with Crippen molar-refractivity contribution in [1.82, 2.24) is 0 Å². The van der Waals surface area contributed by atoms with E-state index in [1.165, 1.54) is 19.2 Å². The average molecular weight is 257 g/mol. The van der Waals surface area contributed by atoms with Crippen LogP contribution in [0.4, 0.5) is 4.39 Å². The molecule has 17 heavy (non-hydrogen) atoms. The molecule has 2 rings (SSSR count). The van der Waals surface area contributed by atoms with Gasteiger partial charge in [0.2, 0.25) is 0 Å². The van der Waals surface area contributed by atoms with Crippen LogP contribution in [0.5, 0.6) is 0 Å². The van der Waals surface area contributed by atoms with Crippen molar-refractivity contribution in [3.63, 3.8) is 0 Å². The van der Waals surface area contributed by atoms with E-state index in [1.54, 1.807) is 0 Å². The van der Waals surface area contributed by atoms with Crippen LogP contribution in [0.15, 0.2) is 18.2 Å². The highest BCUT2D eigenvalue weighted by Crippen LogP contribution is 2.36. The smallest absolute Gasteiger partial charge is 0.197 e. The molecule has 0 aliphatic heterocycles. The molecule has 1 aromatic rings. The second-order valence-electron chi connectivity index (χ2n) is 4.36. The van der Waals surface area contributed by atoms with Gasteiger partial charge in [-0.05, 0) is 43.9 Å². The SMILES string of the molecule is COC1(C(=O)c2ccc(Cl)cc2F)CCCC1. The second kappa shape index (κ2) is 4.75. The van der Waals surface area contributed by atoms with E-state index in [9.17, 15) is 9.18 Å². The van der Waals surface area contributed by atoms with Crippen LogP contribution in [0.1, 0.15) is 36.0 Å². The van der Waals surface area contributed by atoms with E-state index in [0.29, 0.717) is 12.8 Å². The highest BCUT2D eigenvalue weighted by Gasteiger charge is 2.42. The molecule has 0 heterocycles. The number of benzene rings is 1. The van der Waals surface area contributed by atoms with Gasteiger partial charge in [-0.25, -0.2) is 4.39 Å². The lowest BCUT2D eigenvalue weighted by molar-refractivity contribution is 0.00569. The zero-order valence-electron chi connectivity index (χ0n) is 9.63. The monoisotopic (exact) mass is 256 g/mol. The largest absolute Gasteiger partial charge is 0.370 e. The van der Waals surface area contributed by atoms with Gasteiger partial charge in [0, 0.05) is 12.1 Å². The Morgan fingerprint density at radius 2 is 2.06 bits per heavy atom. The average Bonchev–Trinajstić information content (AvgIpc) is 2.78. The molecule has 92 valence electrons. The molecular formula is C13H14ClFO2. The first-order valence-corrected chi connectivity index (χ1v) is 6.02. The van der Waals surface area contributed by atoms with Crippen LogP contribution in [0.25, 0.3) is 0 Å². The predicted molar refractivity (Wildman–Crippen MR) is 63.9 cm³/mol. The third-order valence-corrected chi connectivity index (χ3v) is 3.63. The summed E-state index contributed by atoms with van der Waals surface area (Å²) in [6.07, 6.45) is 3.19. The van der Waals surface area contributed by atoms with E-state index in [4.69, 9.17) is 16.3 Å². The Balaban J connectivity index is 2.36. The summed E-state index contributed by atoms with van der Waals surface area (Å²) >= 11 is 5.67. The fraction of sp³-hybridized carbons (Fsp3) is 0.462. The number of ether oxygens (including phenoxy) is 1. The molecular weight excluding hydrogens is 243 g/mol. The van der Waals surface area contributed by atoms with Gasteiger partial charge in [-0.3, -0.25) is 4.79 Å². The van der Waals surface area contributed by atoms with Crippen molar-refractivity contribution in [3.8, 4) is 0 Å². The Morgan fingerprint density at radius 1 is 1.41 bits per heavy atom. The van der Waals surface area contributed by atoms with Crippen molar-refractivity contribution in [1.29, 1.82) is 0 Å². The minimum absolute atomic E-state index is 0.0677. The zero-order valence-corrected chi connectivity index (χ0v) is 10.4. The number of hydrogen-bond donors (Lipinski definition) is 0. The molecule has 1 fully saturated rings. The predicted octanol–water partition coefficient (Wildman–Crippen LogP) is 3.62. The van der Waals surface area contributed by atoms with Gasteiger partial charge < -0.3 is 4.74 Å². The normalized spacial score (nSPS) is 18.3. The molecule has 0 saturated heterocycles. The fourth-order valence-electron chi connectivity index (χ4n) is 2.39. The maximum absolute atomic E-state index is 13.7. The third-order valence-electron chi connectivity index (χ3n) is 3.39. The van der Waals surface area contributed by atoms with Crippen LogP contribution in [-0.2, 0) is 4.74 Å². The summed E-state index contributed by atoms with van der Waals surface area (Å²) < 4.78 is 19.1. The Morgan fingerprint density at radius 3 is 2.59 bits per heavy atom. The number of rotatable bonds is 3. The van der Waals surface area contributed by atoms with Crippen molar-refractivity contribution in [2.75, 3.05) is 7.11 Å². The first kappa shape index (κ1) is 12.5. The summed E-state index contributed by atoms with van der Waals surface area (Å²) in [5, 5.41) is 0.289. The van der Waals surface area contributed by atoms with Gasteiger partial charge in [-0.2, -0.15) is 0 Å². The van der Waals surface area contributed by atoms with Crippen LogP contribution < -0.4 is 0 Å². The lowest BCUT2D eigenvalue weighted by atomic mass is 9.91. The third kappa shape index (κ3) is 2.22. The Hall–Kier alpha value is -0.930. The van der Waals surface area contributed by atoms with E-state index < -0.39 is 11.4 Å². The first-order chi connectivity index (χ1) is 8.09. The van der Waals surface area contributed by atoms with Crippen LogP contribution in [0, 0.1) is 5.82 Å². The molecule has 0 radical (unpaired) electrons. The summed E-state index contributed by atoms with van der Waals surface area (Å²) in [5.41, 5.74) is -0.771. The van der Waals surface area contributed by atoms with Gasteiger partial charge in [0.25, 0.3) is 0 Å². The molecule has 0 N–H and O–H groups in total. The maximum Gasteiger partial charge on any atom is 0.197 e. The summed E-state index contributed by atoms with van der Waals surface area (Å²) in [6.45, 7) is 0. The number of carbonyl (C=O) groups excluding carboxylic acids is 1. The van der Waals surface area contributed by atoms with E-state index in [1.807, 2.05) is 0 Å². The van der Waals surface area contributed by atoms with Crippen LogP contribution in [-0.4, -0.2) is 18.5 Å². The van der Waals surface area contributed by atoms with Crippen molar-refractivity contribution >= 4 is 17.4 Å². The standard InChI is InChI=1S/C13H14ClFO2/c1-17-13(6-2-3-7-13)12(16)10-5-4-9(14)8-11(10)15/h4-5,8H,2-3,6-7H2,1H3. The number of methoxy groups -OCH3 is 1. The van der Waals surface area contributed by atoms with E-state index in [2.05, 4.69) is 0 Å². The zero-order chi connectivity index (χ0) is 12.5. The second-order valence-corrected chi connectivity index (χ2v) is 4.80. The molecule has 2 nitrogen and oxygen atoms in total. The van der Waals surface area contributed by atoms with Crippen molar-refractivity contribution in [2.24, 2.45) is 0 Å². The molecule has 0 bridgehead atoms. The number of halogens is 2. The molecule has 0 unspecified atom stereocenters. The van der Waals surface area contributed by atoms with Crippen molar-refractivity contribution < 1.29 is 13.9 Å². The summed E-state index contributed by atoms with van der Waals surface area (Å²) in [6, 6.07) is 4.11. The minimum atomic E-state index is -0.839. The molecule has 1 aromatic carbocycles. The van der Waals surface area contributed by atoms with Gasteiger partial charge in [-0.1, -0.05) is 11.6 Å². The maximum atomic E-state index is 13.7. The highest BCUT2D eigenvalue weighted by molar-refractivity contribution is 6.30. The van der Waals surface area contributed by atoms with Crippen LogP contribution in [0.2, 0.25) is 5.02 Å². The number of Topliss-reactive ketones (excluding diaryl/α,β-unsaturated/α-hetero) is 1. The lowest BCUT2D eigenvalue weighted by Gasteiger charge is -2.25. The summed E-state index contributed by atoms with van der Waals surface area (Å²) in [5.74, 6) is -0.850. The highest BCUT2D eigenvalue weighted by atomic mass is 35.5. The van der Waals surface area contributed by atoms with Crippen LogP contribution in [0.3, 0.4) is 0 Å². The van der Waals surface area contributed by atoms with Crippen LogP contribution >= 0.6 is 11.6 Å². The molecule has 0 aromatic heterocycles. The quantitative estimate of drug-likeness (QED) is 0.772. The molecule has 0 atom stereocenters. The molecule has 1 aliphatic carbocycles. The number of carbonyl (C=O) groups is 1. The molecule has 4 heteroatoms. The number of ketones is 1. The Kier molecular flexibility index (Phi) is 3.50. The Bertz CT molecular complexity index is 439. The molecule has 1 aliphatic rings. The summed E-state index contributed by atoms with van der Waals surface area (Å²) in [4.78, 5) is 12.3. The van der Waals surface area contributed by atoms with E-state index >= 15 is 0 Å². The van der Waals surface area contributed by atoms with Gasteiger partial charge >= 0.3 is 0 Å². The van der Waals surface area contributed by atoms with E-state index in [-0.39, 0.29) is 16.4 Å². The van der Waals surface area contributed by atoms with Crippen molar-refractivity contribution in [3.05, 3.63) is 34.6 Å². The van der Waals surface area contributed by atoms with Crippen molar-refractivity contribution in [2.45, 2.75) is 31.3 Å². The summed E-state index contributed by atoms with van der Waals surface area (Å²) in [7, 11) is 1.51. The van der Waals surface area contributed by atoms with Gasteiger partial charge in [0.15, 0.2) is 5.78 Å².